The highest BCUT2D eigenvalue weighted by molar-refractivity contribution is 5.16. The summed E-state index contributed by atoms with van der Waals surface area (Å²) in [5.74, 6) is 0. The van der Waals surface area contributed by atoms with Crippen LogP contribution in [0.4, 0.5) is 0 Å². The summed E-state index contributed by atoms with van der Waals surface area (Å²) in [6.45, 7) is 1.98. The number of hydrogen-bond donors (Lipinski definition) is 2. The van der Waals surface area contributed by atoms with Crippen LogP contribution >= 0.6 is 0 Å². The molecule has 0 saturated carbocycles. The molecule has 0 amide bonds. The van der Waals surface area contributed by atoms with E-state index in [0.29, 0.717) is 6.42 Å². The highest BCUT2D eigenvalue weighted by Gasteiger charge is 2.20. The highest BCUT2D eigenvalue weighted by Crippen LogP contribution is 2.21. The van der Waals surface area contributed by atoms with Crippen LogP contribution in [0.3, 0.4) is 0 Å². The summed E-state index contributed by atoms with van der Waals surface area (Å²) in [6, 6.07) is 0. The lowest BCUT2D eigenvalue weighted by Crippen LogP contribution is -2.07. The summed E-state index contributed by atoms with van der Waals surface area (Å²) in [7, 11) is 0. The molecule has 1 aliphatic carbocycles. The zero-order chi connectivity index (χ0) is 6.85. The van der Waals surface area contributed by atoms with Gasteiger partial charge in [0.25, 0.3) is 0 Å². The zero-order valence-corrected chi connectivity index (χ0v) is 5.54. The van der Waals surface area contributed by atoms with Crippen LogP contribution < -0.4 is 0 Å². The molecule has 2 N–H and O–H groups in total. The first-order valence-corrected chi connectivity index (χ1v) is 3.30. The number of aliphatic hydroxyl groups excluding tert-OH is 2. The molecule has 0 fully saturated rings. The van der Waals surface area contributed by atoms with Crippen LogP contribution in [0, 0.1) is 0 Å². The third-order valence-electron chi connectivity index (χ3n) is 1.71. The zero-order valence-electron chi connectivity index (χ0n) is 5.54. The van der Waals surface area contributed by atoms with Crippen molar-refractivity contribution in [1.82, 2.24) is 0 Å². The molecule has 1 rings (SSSR count). The van der Waals surface area contributed by atoms with Crippen LogP contribution in [0.15, 0.2) is 11.6 Å². The topological polar surface area (TPSA) is 40.5 Å². The summed E-state index contributed by atoms with van der Waals surface area (Å²) in [5.41, 5.74) is 0.975. The van der Waals surface area contributed by atoms with Crippen molar-refractivity contribution in [2.75, 3.05) is 0 Å². The van der Waals surface area contributed by atoms with Gasteiger partial charge < -0.3 is 10.2 Å². The van der Waals surface area contributed by atoms with Crippen LogP contribution in [0.1, 0.15) is 19.8 Å². The van der Waals surface area contributed by atoms with E-state index in [4.69, 9.17) is 10.2 Å². The fourth-order valence-corrected chi connectivity index (χ4v) is 1.16. The molecule has 0 radical (unpaired) electrons. The van der Waals surface area contributed by atoms with Gasteiger partial charge >= 0.3 is 0 Å². The lowest BCUT2D eigenvalue weighted by atomic mass is 10.1. The van der Waals surface area contributed by atoms with Gasteiger partial charge in [-0.15, -0.1) is 0 Å². The molecule has 52 valence electrons. The molecule has 0 aliphatic heterocycles. The minimum absolute atomic E-state index is 0.384. The summed E-state index contributed by atoms with van der Waals surface area (Å²) in [5, 5.41) is 18.1. The molecular formula is C7H12O2. The van der Waals surface area contributed by atoms with Crippen molar-refractivity contribution >= 4 is 0 Å². The first kappa shape index (κ1) is 6.78. The van der Waals surface area contributed by atoms with Crippen LogP contribution in [-0.4, -0.2) is 22.4 Å². The quantitative estimate of drug-likeness (QED) is 0.503. The van der Waals surface area contributed by atoms with Gasteiger partial charge in [-0.2, -0.15) is 0 Å². The Labute approximate surface area is 54.8 Å². The largest absolute Gasteiger partial charge is 0.389 e. The molecule has 2 unspecified atom stereocenters. The fraction of sp³-hybridized carbons (Fsp3) is 0.714. The van der Waals surface area contributed by atoms with Gasteiger partial charge in [0.1, 0.15) is 0 Å². The predicted molar refractivity (Wildman–Crippen MR) is 35.0 cm³/mol. The Morgan fingerprint density at radius 3 is 2.56 bits per heavy atom. The molecule has 9 heavy (non-hydrogen) atoms. The number of aliphatic hydroxyl groups is 2. The first-order chi connectivity index (χ1) is 4.24. The Hall–Kier alpha value is -0.340. The number of rotatable bonds is 1. The van der Waals surface area contributed by atoms with Crippen molar-refractivity contribution in [1.29, 1.82) is 0 Å². The summed E-state index contributed by atoms with van der Waals surface area (Å²) < 4.78 is 0. The normalized spacial score (nSPS) is 34.8. The molecule has 2 atom stereocenters. The highest BCUT2D eigenvalue weighted by atomic mass is 16.3. The fourth-order valence-electron chi connectivity index (χ4n) is 1.16. The van der Waals surface area contributed by atoms with Gasteiger partial charge in [-0.25, -0.2) is 0 Å². The van der Waals surface area contributed by atoms with Gasteiger partial charge in [0.15, 0.2) is 0 Å². The summed E-state index contributed by atoms with van der Waals surface area (Å²) >= 11 is 0. The molecule has 2 nitrogen and oxygen atoms in total. The number of hydrogen-bond acceptors (Lipinski definition) is 2. The Morgan fingerprint density at radius 1 is 1.67 bits per heavy atom. The van der Waals surface area contributed by atoms with Crippen molar-refractivity contribution < 1.29 is 10.2 Å². The average molecular weight is 128 g/mol. The predicted octanol–water partition coefficient (Wildman–Crippen LogP) is 0.448. The van der Waals surface area contributed by atoms with Gasteiger partial charge in [-0.1, -0.05) is 13.0 Å². The van der Waals surface area contributed by atoms with Gasteiger partial charge in [-0.05, 0) is 12.0 Å². The smallest absolute Gasteiger partial charge is 0.0778 e. The maximum Gasteiger partial charge on any atom is 0.0778 e. The third kappa shape index (κ3) is 1.32. The standard InChI is InChI=1S/C7H12O2/c1-2-5-3-6(8)4-7(5)9/h3,6-9H,2,4H2,1H3. The molecule has 0 heterocycles. The van der Waals surface area contributed by atoms with Crippen molar-refractivity contribution in [3.63, 3.8) is 0 Å². The molecular weight excluding hydrogens is 116 g/mol. The molecule has 0 saturated heterocycles. The second-order valence-electron chi connectivity index (χ2n) is 2.41. The lowest BCUT2D eigenvalue weighted by Gasteiger charge is -2.03. The molecule has 2 heteroatoms. The van der Waals surface area contributed by atoms with Crippen LogP contribution in [0.5, 0.6) is 0 Å². The van der Waals surface area contributed by atoms with E-state index >= 15 is 0 Å². The monoisotopic (exact) mass is 128 g/mol. The van der Waals surface area contributed by atoms with Crippen LogP contribution in [0.2, 0.25) is 0 Å². The van der Waals surface area contributed by atoms with E-state index < -0.39 is 6.10 Å². The summed E-state index contributed by atoms with van der Waals surface area (Å²) in [6.07, 6.45) is 2.28. The van der Waals surface area contributed by atoms with Crippen molar-refractivity contribution in [2.45, 2.75) is 32.0 Å². The van der Waals surface area contributed by atoms with E-state index in [1.54, 1.807) is 6.08 Å². The van der Waals surface area contributed by atoms with Crippen molar-refractivity contribution in [3.8, 4) is 0 Å². The molecule has 1 aliphatic rings. The van der Waals surface area contributed by atoms with Crippen molar-refractivity contribution in [3.05, 3.63) is 11.6 Å². The Kier molecular flexibility index (Phi) is 1.88. The minimum Gasteiger partial charge on any atom is -0.389 e. The van der Waals surface area contributed by atoms with E-state index in [1.807, 2.05) is 6.92 Å². The van der Waals surface area contributed by atoms with Gasteiger partial charge in [0.2, 0.25) is 0 Å². The van der Waals surface area contributed by atoms with E-state index in [2.05, 4.69) is 0 Å². The van der Waals surface area contributed by atoms with E-state index in [-0.39, 0.29) is 6.10 Å². The maximum absolute atomic E-state index is 9.13. The average Bonchev–Trinajstić information content (AvgIpc) is 2.10. The third-order valence-corrected chi connectivity index (χ3v) is 1.71. The Balaban J connectivity index is 2.57. The van der Waals surface area contributed by atoms with Crippen LogP contribution in [0.25, 0.3) is 0 Å². The summed E-state index contributed by atoms with van der Waals surface area (Å²) in [4.78, 5) is 0. The van der Waals surface area contributed by atoms with E-state index in [1.165, 1.54) is 0 Å². The van der Waals surface area contributed by atoms with Gasteiger partial charge in [0.05, 0.1) is 12.2 Å². The Bertz CT molecular complexity index is 129. The van der Waals surface area contributed by atoms with Gasteiger partial charge in [0, 0.05) is 6.42 Å². The van der Waals surface area contributed by atoms with E-state index in [9.17, 15) is 0 Å². The van der Waals surface area contributed by atoms with Crippen molar-refractivity contribution in [2.24, 2.45) is 0 Å². The van der Waals surface area contributed by atoms with E-state index in [0.717, 1.165) is 12.0 Å². The first-order valence-electron chi connectivity index (χ1n) is 3.30. The second-order valence-corrected chi connectivity index (χ2v) is 2.41. The molecule has 0 aromatic carbocycles. The van der Waals surface area contributed by atoms with Gasteiger partial charge in [-0.3, -0.25) is 0 Å². The molecule has 0 aromatic heterocycles. The molecule has 0 bridgehead atoms. The lowest BCUT2D eigenvalue weighted by molar-refractivity contribution is 0.146. The maximum atomic E-state index is 9.13. The SMILES string of the molecule is CCC1=CC(O)CC1O. The molecule has 0 aromatic rings. The molecule has 0 spiro atoms. The van der Waals surface area contributed by atoms with Crippen LogP contribution in [-0.2, 0) is 0 Å². The Morgan fingerprint density at radius 2 is 2.33 bits per heavy atom. The minimum atomic E-state index is -0.407. The second kappa shape index (κ2) is 2.50.